The van der Waals surface area contributed by atoms with Crippen LogP contribution in [0, 0.1) is 16.7 Å². The number of esters is 1. The van der Waals surface area contributed by atoms with Gasteiger partial charge in [0.15, 0.2) is 0 Å². The number of ether oxygens (including phenoxy) is 1. The van der Waals surface area contributed by atoms with Gasteiger partial charge in [0, 0.05) is 0 Å². The largest absolute Gasteiger partial charge is 0.466 e. The zero-order valence-corrected chi connectivity index (χ0v) is 8.84. The van der Waals surface area contributed by atoms with Crippen LogP contribution in [0.4, 0.5) is 0 Å². The number of hydrogen-bond donors (Lipinski definition) is 0. The molecule has 78 valence electrons. The zero-order valence-electron chi connectivity index (χ0n) is 8.84. The third-order valence-electron chi connectivity index (χ3n) is 5.05. The fraction of sp³-hybridized carbons (Fsp3) is 0.917. The van der Waals surface area contributed by atoms with E-state index in [1.807, 2.05) is 6.92 Å². The Labute approximate surface area is 85.0 Å². The summed E-state index contributed by atoms with van der Waals surface area (Å²) in [5.74, 6) is 0.393. The third kappa shape index (κ3) is 0.731. The van der Waals surface area contributed by atoms with Crippen LogP contribution in [0.2, 0.25) is 0 Å². The van der Waals surface area contributed by atoms with E-state index in [0.29, 0.717) is 17.4 Å². The summed E-state index contributed by atoms with van der Waals surface area (Å²) >= 11 is 0. The van der Waals surface area contributed by atoms with Crippen LogP contribution >= 0.6 is 0 Å². The molecule has 2 unspecified atom stereocenters. The minimum Gasteiger partial charge on any atom is -0.466 e. The highest BCUT2D eigenvalue weighted by molar-refractivity contribution is 5.80. The van der Waals surface area contributed by atoms with Gasteiger partial charge >= 0.3 is 5.97 Å². The van der Waals surface area contributed by atoms with Crippen molar-refractivity contribution in [2.75, 3.05) is 6.61 Å². The van der Waals surface area contributed by atoms with Crippen LogP contribution in [0.1, 0.15) is 45.4 Å². The van der Waals surface area contributed by atoms with Gasteiger partial charge in [0.2, 0.25) is 0 Å². The van der Waals surface area contributed by atoms with Crippen LogP contribution < -0.4 is 0 Å². The number of carbonyl (C=O) groups is 1. The van der Waals surface area contributed by atoms with E-state index in [2.05, 4.69) is 0 Å². The van der Waals surface area contributed by atoms with E-state index in [1.165, 1.54) is 38.5 Å². The van der Waals surface area contributed by atoms with Gasteiger partial charge in [0.25, 0.3) is 0 Å². The summed E-state index contributed by atoms with van der Waals surface area (Å²) in [7, 11) is 0. The van der Waals surface area contributed by atoms with E-state index in [0.717, 1.165) is 0 Å². The Hall–Kier alpha value is -0.530. The number of rotatable bonds is 2. The Morgan fingerprint density at radius 1 is 1.21 bits per heavy atom. The van der Waals surface area contributed by atoms with E-state index >= 15 is 0 Å². The first-order valence-corrected chi connectivity index (χ1v) is 5.93. The van der Waals surface area contributed by atoms with Gasteiger partial charge in [-0.3, -0.25) is 4.79 Å². The molecule has 0 aromatic heterocycles. The standard InChI is InChI=1S/C12H18O2/c1-2-14-10(13)9-11-5-3-4-6-12(9,11)8-7-11/h9H,2-8H2,1H3. The second-order valence-electron chi connectivity index (χ2n) is 5.20. The molecule has 0 amide bonds. The van der Waals surface area contributed by atoms with Gasteiger partial charge in [-0.2, -0.15) is 0 Å². The monoisotopic (exact) mass is 194 g/mol. The Morgan fingerprint density at radius 3 is 2.21 bits per heavy atom. The second-order valence-corrected chi connectivity index (χ2v) is 5.20. The van der Waals surface area contributed by atoms with Crippen molar-refractivity contribution in [2.24, 2.45) is 16.7 Å². The number of hydrogen-bond acceptors (Lipinski definition) is 2. The highest BCUT2D eigenvalue weighted by Crippen LogP contribution is 2.87. The molecule has 2 heteroatoms. The van der Waals surface area contributed by atoms with Gasteiger partial charge in [-0.1, -0.05) is 12.8 Å². The van der Waals surface area contributed by atoms with Gasteiger partial charge in [0.05, 0.1) is 12.5 Å². The van der Waals surface area contributed by atoms with Crippen LogP contribution in [0.25, 0.3) is 0 Å². The summed E-state index contributed by atoms with van der Waals surface area (Å²) in [6.45, 7) is 2.45. The van der Waals surface area contributed by atoms with Crippen molar-refractivity contribution in [2.45, 2.75) is 45.4 Å². The molecule has 3 aliphatic rings. The minimum atomic E-state index is 0.104. The Morgan fingerprint density at radius 2 is 1.79 bits per heavy atom. The lowest BCUT2D eigenvalue weighted by Crippen LogP contribution is -2.28. The summed E-state index contributed by atoms with van der Waals surface area (Å²) in [4.78, 5) is 11.8. The summed E-state index contributed by atoms with van der Waals surface area (Å²) in [6.07, 6.45) is 7.81. The van der Waals surface area contributed by atoms with Crippen LogP contribution in [0.3, 0.4) is 0 Å². The van der Waals surface area contributed by atoms with Crippen LogP contribution in [0.15, 0.2) is 0 Å². The highest BCUT2D eigenvalue weighted by Gasteiger charge is 2.84. The molecule has 0 aromatic carbocycles. The summed E-state index contributed by atoms with van der Waals surface area (Å²) < 4.78 is 5.19. The minimum absolute atomic E-state index is 0.104. The van der Waals surface area contributed by atoms with Crippen molar-refractivity contribution in [3.8, 4) is 0 Å². The molecule has 14 heavy (non-hydrogen) atoms. The van der Waals surface area contributed by atoms with Crippen molar-refractivity contribution in [3.63, 3.8) is 0 Å². The summed E-state index contributed by atoms with van der Waals surface area (Å²) in [5.41, 5.74) is 0.856. The Bertz CT molecular complexity index is 266. The molecule has 0 aromatic rings. The predicted molar refractivity (Wildman–Crippen MR) is 52.7 cm³/mol. The lowest BCUT2D eigenvalue weighted by Gasteiger charge is -2.38. The van der Waals surface area contributed by atoms with Crippen LogP contribution in [-0.4, -0.2) is 12.6 Å². The molecule has 3 saturated carbocycles. The fourth-order valence-corrected chi connectivity index (χ4v) is 4.39. The number of carbonyl (C=O) groups excluding carboxylic acids is 1. The zero-order chi connectivity index (χ0) is 9.81. The average Bonchev–Trinajstić information content (AvgIpc) is 2.65. The van der Waals surface area contributed by atoms with Crippen molar-refractivity contribution in [1.29, 1.82) is 0 Å². The molecule has 3 rings (SSSR count). The Balaban J connectivity index is 1.80. The van der Waals surface area contributed by atoms with Crippen molar-refractivity contribution >= 4 is 5.97 Å². The van der Waals surface area contributed by atoms with E-state index in [4.69, 9.17) is 4.74 Å². The van der Waals surface area contributed by atoms with Crippen molar-refractivity contribution < 1.29 is 9.53 Å². The first-order valence-electron chi connectivity index (χ1n) is 5.93. The fourth-order valence-electron chi connectivity index (χ4n) is 4.39. The van der Waals surface area contributed by atoms with Crippen LogP contribution in [-0.2, 0) is 9.53 Å². The second kappa shape index (κ2) is 2.53. The maximum Gasteiger partial charge on any atom is 0.310 e. The van der Waals surface area contributed by atoms with E-state index in [1.54, 1.807) is 0 Å². The van der Waals surface area contributed by atoms with E-state index in [-0.39, 0.29) is 11.9 Å². The predicted octanol–water partition coefficient (Wildman–Crippen LogP) is 2.52. The molecule has 0 heterocycles. The maximum absolute atomic E-state index is 11.8. The molecule has 3 aliphatic carbocycles. The first kappa shape index (κ1) is 8.75. The maximum atomic E-state index is 11.8. The smallest absolute Gasteiger partial charge is 0.310 e. The average molecular weight is 194 g/mol. The van der Waals surface area contributed by atoms with Crippen LogP contribution in [0.5, 0.6) is 0 Å². The molecule has 0 saturated heterocycles. The molecule has 0 N–H and O–H groups in total. The quantitative estimate of drug-likeness (QED) is 0.631. The third-order valence-corrected chi connectivity index (χ3v) is 5.05. The molecular weight excluding hydrogens is 176 g/mol. The lowest BCUT2D eigenvalue weighted by atomic mass is 9.66. The molecule has 2 nitrogen and oxygen atoms in total. The van der Waals surface area contributed by atoms with Gasteiger partial charge in [-0.25, -0.2) is 0 Å². The summed E-state index contributed by atoms with van der Waals surface area (Å²) in [5, 5.41) is 0. The molecular formula is C12H18O2. The topological polar surface area (TPSA) is 26.3 Å². The van der Waals surface area contributed by atoms with Gasteiger partial charge in [-0.15, -0.1) is 0 Å². The van der Waals surface area contributed by atoms with E-state index < -0.39 is 0 Å². The van der Waals surface area contributed by atoms with Gasteiger partial charge < -0.3 is 4.74 Å². The first-order chi connectivity index (χ1) is 6.77. The van der Waals surface area contributed by atoms with E-state index in [9.17, 15) is 4.79 Å². The Kier molecular flexibility index (Phi) is 1.58. The normalized spacial score (nSPS) is 48.5. The highest BCUT2D eigenvalue weighted by atomic mass is 16.5. The van der Waals surface area contributed by atoms with Crippen molar-refractivity contribution in [1.82, 2.24) is 0 Å². The van der Waals surface area contributed by atoms with Gasteiger partial charge in [0.1, 0.15) is 0 Å². The molecule has 3 fully saturated rings. The van der Waals surface area contributed by atoms with Gasteiger partial charge in [-0.05, 0) is 43.4 Å². The molecule has 2 atom stereocenters. The molecule has 0 bridgehead atoms. The van der Waals surface area contributed by atoms with Crippen molar-refractivity contribution in [3.05, 3.63) is 0 Å². The lowest BCUT2D eigenvalue weighted by molar-refractivity contribution is -0.145. The summed E-state index contributed by atoms with van der Waals surface area (Å²) in [6, 6.07) is 0. The molecule has 0 spiro atoms. The molecule has 0 aliphatic heterocycles. The SMILES string of the molecule is CCOC(=O)C1C23CCCCC12CC3. The molecule has 0 radical (unpaired) electrons.